The Kier molecular flexibility index (Phi) is 5.43. The topological polar surface area (TPSA) is 48.5 Å². The van der Waals surface area contributed by atoms with Gasteiger partial charge in [0.1, 0.15) is 0 Å². The van der Waals surface area contributed by atoms with Gasteiger partial charge >= 0.3 is 6.03 Å². The molecule has 7 heteroatoms. The number of urea groups is 1. The van der Waals surface area contributed by atoms with Crippen molar-refractivity contribution in [1.29, 1.82) is 0 Å². The molecule has 0 bridgehead atoms. The fraction of sp³-hybridized carbons (Fsp3) is 0.294. The molecule has 126 valence electrons. The fourth-order valence-corrected chi connectivity index (χ4v) is 3.09. The number of nitrogens with one attached hydrogen (secondary N) is 1. The van der Waals surface area contributed by atoms with E-state index in [0.717, 1.165) is 24.3 Å². The third kappa shape index (κ3) is 3.91. The van der Waals surface area contributed by atoms with E-state index in [1.807, 2.05) is 29.2 Å². The third-order valence-corrected chi connectivity index (χ3v) is 4.81. The smallest absolute Gasteiger partial charge is 0.317 e. The minimum absolute atomic E-state index is 0.0595. The Hall–Kier alpha value is -1.98. The molecule has 3 rings (SSSR count). The Morgan fingerprint density at radius 1 is 1.12 bits per heavy atom. The van der Waals surface area contributed by atoms with E-state index in [9.17, 15) is 4.79 Å². The highest BCUT2D eigenvalue weighted by molar-refractivity contribution is 6.43. The number of hydrogen-bond acceptors (Lipinski definition) is 3. The molecule has 0 aliphatic carbocycles. The molecule has 2 amide bonds. The van der Waals surface area contributed by atoms with Gasteiger partial charge in [0.2, 0.25) is 0 Å². The summed E-state index contributed by atoms with van der Waals surface area (Å²) in [5.41, 5.74) is 1.90. The molecule has 0 radical (unpaired) electrons. The van der Waals surface area contributed by atoms with Crippen molar-refractivity contribution in [3.63, 3.8) is 0 Å². The van der Waals surface area contributed by atoms with Crippen LogP contribution >= 0.6 is 23.2 Å². The molecule has 0 atom stereocenters. The van der Waals surface area contributed by atoms with E-state index in [1.165, 1.54) is 0 Å². The number of amides is 2. The van der Waals surface area contributed by atoms with Crippen molar-refractivity contribution in [1.82, 2.24) is 15.2 Å². The van der Waals surface area contributed by atoms with Crippen molar-refractivity contribution in [3.8, 4) is 0 Å². The minimum Gasteiger partial charge on any atom is -0.367 e. The molecule has 1 aromatic heterocycles. The molecular weight excluding hydrogens is 347 g/mol. The van der Waals surface area contributed by atoms with Gasteiger partial charge in [-0.2, -0.15) is 0 Å². The van der Waals surface area contributed by atoms with Crippen molar-refractivity contribution >= 4 is 34.9 Å². The molecular formula is C17H18Cl2N4O. The van der Waals surface area contributed by atoms with E-state index in [1.54, 1.807) is 18.5 Å². The summed E-state index contributed by atoms with van der Waals surface area (Å²) in [5.74, 6) is 0. The number of hydrogen-bond donors (Lipinski definition) is 1. The Morgan fingerprint density at radius 3 is 2.62 bits per heavy atom. The van der Waals surface area contributed by atoms with E-state index in [0.29, 0.717) is 29.7 Å². The van der Waals surface area contributed by atoms with Gasteiger partial charge in [0.05, 0.1) is 15.7 Å². The molecule has 1 N–H and O–H groups in total. The second-order valence-electron chi connectivity index (χ2n) is 5.57. The number of carbonyl (C=O) groups excluding carboxylic acids is 1. The van der Waals surface area contributed by atoms with Crippen LogP contribution in [0.1, 0.15) is 5.56 Å². The highest BCUT2D eigenvalue weighted by Crippen LogP contribution is 2.32. The SMILES string of the molecule is O=C(NCc1cccnc1)N1CCN(c2cccc(Cl)c2Cl)CC1. The van der Waals surface area contributed by atoms with Crippen molar-refractivity contribution in [2.45, 2.75) is 6.54 Å². The first-order valence-corrected chi connectivity index (χ1v) is 8.51. The molecule has 0 saturated carbocycles. The van der Waals surface area contributed by atoms with Crippen LogP contribution in [0.4, 0.5) is 10.5 Å². The number of nitrogens with zero attached hydrogens (tertiary/aromatic N) is 3. The zero-order chi connectivity index (χ0) is 16.9. The molecule has 0 unspecified atom stereocenters. The first-order chi connectivity index (χ1) is 11.6. The Balaban J connectivity index is 1.53. The molecule has 2 aromatic rings. The molecule has 1 aromatic carbocycles. The second-order valence-corrected chi connectivity index (χ2v) is 6.35. The zero-order valence-electron chi connectivity index (χ0n) is 13.1. The van der Waals surface area contributed by atoms with E-state index < -0.39 is 0 Å². The van der Waals surface area contributed by atoms with Gasteiger partial charge in [-0.3, -0.25) is 4.98 Å². The first kappa shape index (κ1) is 16.9. The highest BCUT2D eigenvalue weighted by atomic mass is 35.5. The van der Waals surface area contributed by atoms with Crippen LogP contribution in [0.25, 0.3) is 0 Å². The largest absolute Gasteiger partial charge is 0.367 e. The van der Waals surface area contributed by atoms with Crippen LogP contribution < -0.4 is 10.2 Å². The summed E-state index contributed by atoms with van der Waals surface area (Å²) in [6.45, 7) is 3.21. The maximum absolute atomic E-state index is 12.3. The lowest BCUT2D eigenvalue weighted by Gasteiger charge is -2.36. The summed E-state index contributed by atoms with van der Waals surface area (Å²) in [5, 5.41) is 4.04. The van der Waals surface area contributed by atoms with Gasteiger partial charge < -0.3 is 15.1 Å². The lowest BCUT2D eigenvalue weighted by atomic mass is 10.2. The Labute approximate surface area is 151 Å². The molecule has 1 aliphatic heterocycles. The van der Waals surface area contributed by atoms with E-state index in [2.05, 4.69) is 15.2 Å². The second kappa shape index (κ2) is 7.73. The third-order valence-electron chi connectivity index (χ3n) is 4.01. The Bertz CT molecular complexity index is 703. The number of carbonyl (C=O) groups is 1. The molecule has 2 heterocycles. The van der Waals surface area contributed by atoms with E-state index in [-0.39, 0.29) is 6.03 Å². The Morgan fingerprint density at radius 2 is 1.92 bits per heavy atom. The summed E-state index contributed by atoms with van der Waals surface area (Å²) in [7, 11) is 0. The lowest BCUT2D eigenvalue weighted by molar-refractivity contribution is 0.194. The standard InChI is InChI=1S/C17H18Cl2N4O/c18-14-4-1-5-15(16(14)19)22-7-9-23(10-8-22)17(24)21-12-13-3-2-6-20-11-13/h1-6,11H,7-10,12H2,(H,21,24). The zero-order valence-corrected chi connectivity index (χ0v) is 14.6. The molecule has 5 nitrogen and oxygen atoms in total. The number of benzene rings is 1. The predicted molar refractivity (Wildman–Crippen MR) is 96.7 cm³/mol. The van der Waals surface area contributed by atoms with Crippen molar-refractivity contribution in [2.75, 3.05) is 31.1 Å². The van der Waals surface area contributed by atoms with Crippen molar-refractivity contribution in [3.05, 3.63) is 58.3 Å². The van der Waals surface area contributed by atoms with Gasteiger partial charge in [0.25, 0.3) is 0 Å². The normalized spacial score (nSPS) is 14.6. The number of aromatic nitrogens is 1. The molecule has 1 fully saturated rings. The number of halogens is 2. The van der Waals surface area contributed by atoms with Crippen LogP contribution in [0.15, 0.2) is 42.7 Å². The van der Waals surface area contributed by atoms with E-state index in [4.69, 9.17) is 23.2 Å². The van der Waals surface area contributed by atoms with Crippen LogP contribution in [0.5, 0.6) is 0 Å². The minimum atomic E-state index is -0.0595. The predicted octanol–water partition coefficient (Wildman–Crippen LogP) is 3.42. The van der Waals surface area contributed by atoms with Gasteiger partial charge in [-0.1, -0.05) is 35.3 Å². The fourth-order valence-electron chi connectivity index (χ4n) is 2.68. The maximum Gasteiger partial charge on any atom is 0.317 e. The number of pyridine rings is 1. The van der Waals surface area contributed by atoms with Gasteiger partial charge in [-0.15, -0.1) is 0 Å². The first-order valence-electron chi connectivity index (χ1n) is 7.76. The molecule has 1 saturated heterocycles. The summed E-state index contributed by atoms with van der Waals surface area (Å²) >= 11 is 12.3. The molecule has 1 aliphatic rings. The molecule has 0 spiro atoms. The quantitative estimate of drug-likeness (QED) is 0.907. The number of rotatable bonds is 3. The number of piperazine rings is 1. The van der Waals surface area contributed by atoms with Crippen molar-refractivity contribution < 1.29 is 4.79 Å². The summed E-state index contributed by atoms with van der Waals surface area (Å²) in [6, 6.07) is 9.34. The molecule has 24 heavy (non-hydrogen) atoms. The van der Waals surface area contributed by atoms with Crippen LogP contribution in [-0.2, 0) is 6.54 Å². The van der Waals surface area contributed by atoms with Crippen molar-refractivity contribution in [2.24, 2.45) is 0 Å². The highest BCUT2D eigenvalue weighted by Gasteiger charge is 2.22. The van der Waals surface area contributed by atoms with Crippen LogP contribution in [0.3, 0.4) is 0 Å². The van der Waals surface area contributed by atoms with Gasteiger partial charge in [-0.25, -0.2) is 4.79 Å². The van der Waals surface area contributed by atoms with E-state index >= 15 is 0 Å². The van der Waals surface area contributed by atoms with Gasteiger partial charge in [0, 0.05) is 45.1 Å². The summed E-state index contributed by atoms with van der Waals surface area (Å²) < 4.78 is 0. The van der Waals surface area contributed by atoms with Gasteiger partial charge in [0.15, 0.2) is 0 Å². The van der Waals surface area contributed by atoms with Gasteiger partial charge in [-0.05, 0) is 23.8 Å². The number of anilines is 1. The van der Waals surface area contributed by atoms with Crippen LogP contribution in [0, 0.1) is 0 Å². The monoisotopic (exact) mass is 364 g/mol. The maximum atomic E-state index is 12.3. The summed E-state index contributed by atoms with van der Waals surface area (Å²) in [6.07, 6.45) is 3.46. The average molecular weight is 365 g/mol. The van der Waals surface area contributed by atoms with Crippen LogP contribution in [-0.4, -0.2) is 42.1 Å². The average Bonchev–Trinajstić information content (AvgIpc) is 2.63. The van der Waals surface area contributed by atoms with Crippen LogP contribution in [0.2, 0.25) is 10.0 Å². The lowest BCUT2D eigenvalue weighted by Crippen LogP contribution is -2.51. The summed E-state index contributed by atoms with van der Waals surface area (Å²) in [4.78, 5) is 20.3.